The lowest BCUT2D eigenvalue weighted by molar-refractivity contribution is -0.384. The van der Waals surface area contributed by atoms with Crippen LogP contribution in [0.3, 0.4) is 0 Å². The number of benzene rings is 1. The summed E-state index contributed by atoms with van der Waals surface area (Å²) in [6, 6.07) is 5.01. The molecule has 0 unspecified atom stereocenters. The van der Waals surface area contributed by atoms with Crippen molar-refractivity contribution < 1.29 is 13.3 Å². The van der Waals surface area contributed by atoms with E-state index in [-0.39, 0.29) is 16.5 Å². The molecule has 1 aromatic carbocycles. The Morgan fingerprint density at radius 2 is 1.88 bits per heavy atom. The number of non-ortho nitro benzene ring substituents is 1. The fourth-order valence-electron chi connectivity index (χ4n) is 2.81. The first-order chi connectivity index (χ1) is 11.9. The summed E-state index contributed by atoms with van der Waals surface area (Å²) in [4.78, 5) is 10.2. The zero-order chi connectivity index (χ0) is 18.0. The first-order valence-corrected chi connectivity index (χ1v) is 10.2. The van der Waals surface area contributed by atoms with Crippen LogP contribution < -0.4 is 0 Å². The van der Waals surface area contributed by atoms with Crippen LogP contribution in [0.25, 0.3) is 0 Å². The van der Waals surface area contributed by atoms with Crippen molar-refractivity contribution in [2.45, 2.75) is 37.0 Å². The van der Waals surface area contributed by atoms with Crippen LogP contribution in [0.2, 0.25) is 0 Å². The van der Waals surface area contributed by atoms with Gasteiger partial charge in [0.25, 0.3) is 5.69 Å². The Kier molecular flexibility index (Phi) is 5.11. The highest BCUT2D eigenvalue weighted by Gasteiger charge is 2.31. The normalized spacial score (nSPS) is 16.8. The molecule has 25 heavy (non-hydrogen) atoms. The average Bonchev–Trinajstić information content (AvgIpc) is 3.11. The van der Waals surface area contributed by atoms with Crippen molar-refractivity contribution in [3.8, 4) is 0 Å². The minimum absolute atomic E-state index is 0.0840. The molecule has 0 radical (unpaired) electrons. The number of hydrogen-bond acceptors (Lipinski definition) is 7. The third-order valence-corrected chi connectivity index (χ3v) is 7.42. The van der Waals surface area contributed by atoms with E-state index in [4.69, 9.17) is 0 Å². The summed E-state index contributed by atoms with van der Waals surface area (Å²) >= 11 is 1.59. The van der Waals surface area contributed by atoms with Gasteiger partial charge in [-0.2, -0.15) is 4.31 Å². The Morgan fingerprint density at radius 1 is 1.24 bits per heavy atom. The summed E-state index contributed by atoms with van der Waals surface area (Å²) in [6.45, 7) is 2.85. The van der Waals surface area contributed by atoms with Gasteiger partial charge >= 0.3 is 0 Å². The lowest BCUT2D eigenvalue weighted by atomic mass is 9.99. The van der Waals surface area contributed by atoms with Crippen LogP contribution in [0.15, 0.2) is 29.2 Å². The lowest BCUT2D eigenvalue weighted by Gasteiger charge is -2.30. The molecule has 1 aliphatic rings. The predicted octanol–water partition coefficient (Wildman–Crippen LogP) is 2.58. The zero-order valence-electron chi connectivity index (χ0n) is 13.7. The van der Waals surface area contributed by atoms with Crippen LogP contribution in [0.4, 0.5) is 5.69 Å². The molecule has 1 saturated heterocycles. The van der Waals surface area contributed by atoms with E-state index in [2.05, 4.69) is 10.2 Å². The summed E-state index contributed by atoms with van der Waals surface area (Å²) in [7, 11) is -3.63. The number of piperidine rings is 1. The second kappa shape index (κ2) is 7.14. The number of aryl methyl sites for hydroxylation is 1. The Hall–Kier alpha value is -1.91. The molecule has 1 aromatic heterocycles. The smallest absolute Gasteiger partial charge is 0.258 e. The van der Waals surface area contributed by atoms with Gasteiger partial charge in [0, 0.05) is 31.1 Å². The molecular formula is C15H18N4O4S2. The van der Waals surface area contributed by atoms with Crippen LogP contribution in [-0.4, -0.2) is 40.9 Å². The topological polar surface area (TPSA) is 106 Å². The second-order valence-corrected chi connectivity index (χ2v) is 8.85. The molecule has 1 fully saturated rings. The molecule has 0 N–H and O–H groups in total. The van der Waals surface area contributed by atoms with E-state index in [1.54, 1.807) is 11.3 Å². The summed E-state index contributed by atoms with van der Waals surface area (Å²) in [5.41, 5.74) is -0.124. The summed E-state index contributed by atoms with van der Waals surface area (Å²) in [5.74, 6) is 0.237. The van der Waals surface area contributed by atoms with Crippen molar-refractivity contribution in [3.05, 3.63) is 44.4 Å². The van der Waals surface area contributed by atoms with Crippen LogP contribution in [0.5, 0.6) is 0 Å². The molecule has 0 atom stereocenters. The Bertz CT molecular complexity index is 856. The first-order valence-electron chi connectivity index (χ1n) is 7.98. The van der Waals surface area contributed by atoms with E-state index in [0.29, 0.717) is 25.9 Å². The maximum atomic E-state index is 12.7. The third-order valence-electron chi connectivity index (χ3n) is 4.27. The number of aromatic nitrogens is 2. The monoisotopic (exact) mass is 382 g/mol. The van der Waals surface area contributed by atoms with Gasteiger partial charge in [-0.3, -0.25) is 10.1 Å². The molecule has 3 rings (SSSR count). The molecule has 2 aromatic rings. The van der Waals surface area contributed by atoms with Gasteiger partial charge in [-0.05, 0) is 31.4 Å². The van der Waals surface area contributed by atoms with Crippen LogP contribution in [-0.2, 0) is 16.4 Å². The van der Waals surface area contributed by atoms with Crippen molar-refractivity contribution in [1.29, 1.82) is 0 Å². The van der Waals surface area contributed by atoms with Gasteiger partial charge in [0.1, 0.15) is 10.0 Å². The summed E-state index contributed by atoms with van der Waals surface area (Å²) in [6.07, 6.45) is 2.25. The van der Waals surface area contributed by atoms with Gasteiger partial charge in [0.2, 0.25) is 10.0 Å². The van der Waals surface area contributed by atoms with E-state index >= 15 is 0 Å². The maximum absolute atomic E-state index is 12.7. The molecule has 0 aliphatic carbocycles. The molecule has 0 bridgehead atoms. The summed E-state index contributed by atoms with van der Waals surface area (Å²) in [5, 5.41) is 21.0. The van der Waals surface area contributed by atoms with Gasteiger partial charge < -0.3 is 0 Å². The van der Waals surface area contributed by atoms with Crippen molar-refractivity contribution in [2.75, 3.05) is 13.1 Å². The minimum atomic E-state index is -3.63. The molecule has 0 spiro atoms. The van der Waals surface area contributed by atoms with Crippen LogP contribution in [0, 0.1) is 10.1 Å². The molecule has 134 valence electrons. The number of nitro benzene ring substituents is 1. The van der Waals surface area contributed by atoms with E-state index in [1.807, 2.05) is 6.92 Å². The molecule has 10 heteroatoms. The minimum Gasteiger partial charge on any atom is -0.258 e. The van der Waals surface area contributed by atoms with Crippen molar-refractivity contribution in [1.82, 2.24) is 14.5 Å². The van der Waals surface area contributed by atoms with Gasteiger partial charge in [-0.25, -0.2) is 8.42 Å². The molecule has 0 saturated carbocycles. The first kappa shape index (κ1) is 17.9. The molecule has 1 aliphatic heterocycles. The fraction of sp³-hybridized carbons (Fsp3) is 0.467. The quantitative estimate of drug-likeness (QED) is 0.581. The Labute approximate surface area is 149 Å². The van der Waals surface area contributed by atoms with E-state index in [0.717, 1.165) is 16.4 Å². The highest BCUT2D eigenvalue weighted by Crippen LogP contribution is 2.32. The van der Waals surface area contributed by atoms with Gasteiger partial charge in [0.05, 0.1) is 9.82 Å². The third kappa shape index (κ3) is 3.70. The highest BCUT2D eigenvalue weighted by atomic mass is 32.2. The number of nitro groups is 1. The Morgan fingerprint density at radius 3 is 2.40 bits per heavy atom. The maximum Gasteiger partial charge on any atom is 0.269 e. The van der Waals surface area contributed by atoms with Gasteiger partial charge in [-0.1, -0.05) is 6.92 Å². The average molecular weight is 382 g/mol. The van der Waals surface area contributed by atoms with E-state index in [1.165, 1.54) is 28.6 Å². The lowest BCUT2D eigenvalue weighted by Crippen LogP contribution is -2.37. The molecule has 0 amide bonds. The SMILES string of the molecule is CCc1nnc(C2CCN(S(=O)(=O)c3ccc([N+](=O)[O-])cc3)CC2)s1. The van der Waals surface area contributed by atoms with Crippen LogP contribution >= 0.6 is 11.3 Å². The number of nitrogens with zero attached hydrogens (tertiary/aromatic N) is 4. The van der Waals surface area contributed by atoms with Gasteiger partial charge in [-0.15, -0.1) is 21.5 Å². The number of hydrogen-bond donors (Lipinski definition) is 0. The largest absolute Gasteiger partial charge is 0.269 e. The molecule has 8 nitrogen and oxygen atoms in total. The van der Waals surface area contributed by atoms with Crippen molar-refractivity contribution >= 4 is 27.0 Å². The molecular weight excluding hydrogens is 364 g/mol. The predicted molar refractivity (Wildman–Crippen MR) is 93.1 cm³/mol. The number of rotatable bonds is 5. The highest BCUT2D eigenvalue weighted by molar-refractivity contribution is 7.89. The standard InChI is InChI=1S/C15H18N4O4S2/c1-2-14-16-17-15(24-14)11-7-9-18(10-8-11)25(22,23)13-5-3-12(4-6-13)19(20)21/h3-6,11H,2,7-10H2,1H3. The zero-order valence-corrected chi connectivity index (χ0v) is 15.3. The second-order valence-electron chi connectivity index (χ2n) is 5.82. The Balaban J connectivity index is 1.69. The summed E-state index contributed by atoms with van der Waals surface area (Å²) < 4.78 is 26.8. The van der Waals surface area contributed by atoms with Crippen molar-refractivity contribution in [3.63, 3.8) is 0 Å². The van der Waals surface area contributed by atoms with Gasteiger partial charge in [0.15, 0.2) is 0 Å². The van der Waals surface area contributed by atoms with Crippen LogP contribution in [0.1, 0.15) is 35.7 Å². The fourth-order valence-corrected chi connectivity index (χ4v) is 5.23. The van der Waals surface area contributed by atoms with E-state index < -0.39 is 14.9 Å². The molecule has 2 heterocycles. The van der Waals surface area contributed by atoms with Crippen molar-refractivity contribution in [2.24, 2.45) is 0 Å². The number of sulfonamides is 1. The van der Waals surface area contributed by atoms with E-state index in [9.17, 15) is 18.5 Å².